The summed E-state index contributed by atoms with van der Waals surface area (Å²) in [5.74, 6) is 0.834. The third kappa shape index (κ3) is 3.99. The van der Waals surface area contributed by atoms with Crippen LogP contribution in [0, 0.1) is 29.0 Å². The first-order chi connectivity index (χ1) is 13.6. The number of benzene rings is 1. The average Bonchev–Trinajstić information content (AvgIpc) is 3.03. The van der Waals surface area contributed by atoms with E-state index in [2.05, 4.69) is 0 Å². The van der Waals surface area contributed by atoms with Crippen molar-refractivity contribution >= 4 is 27.7 Å². The molecule has 4 aliphatic rings. The number of carbonyl (C=O) groups is 1. The summed E-state index contributed by atoms with van der Waals surface area (Å²) in [6.45, 7) is 0.450. The van der Waals surface area contributed by atoms with Gasteiger partial charge in [0.05, 0.1) is 17.2 Å². The molecular formula is C20H26ClFN2O4S. The van der Waals surface area contributed by atoms with Crippen molar-refractivity contribution in [1.29, 1.82) is 0 Å². The Kier molecular flexibility index (Phi) is 5.32. The molecule has 1 amide bonds. The Balaban J connectivity index is 1.39. The molecule has 0 aliphatic heterocycles. The van der Waals surface area contributed by atoms with Crippen molar-refractivity contribution in [1.82, 2.24) is 9.03 Å². The summed E-state index contributed by atoms with van der Waals surface area (Å²) in [7, 11) is -1.50. The second kappa shape index (κ2) is 7.39. The number of ether oxygens (including phenoxy) is 1. The largest absolute Gasteiger partial charge is 0.492 e. The van der Waals surface area contributed by atoms with Gasteiger partial charge in [0.15, 0.2) is 0 Å². The van der Waals surface area contributed by atoms with Gasteiger partial charge in [-0.3, -0.25) is 4.79 Å². The number of halogens is 2. The summed E-state index contributed by atoms with van der Waals surface area (Å²) in [5.41, 5.74) is -0.0839. The van der Waals surface area contributed by atoms with E-state index >= 15 is 0 Å². The number of nitrogens with one attached hydrogen (secondary N) is 1. The van der Waals surface area contributed by atoms with Crippen LogP contribution in [0.3, 0.4) is 0 Å². The van der Waals surface area contributed by atoms with E-state index in [1.54, 1.807) is 4.72 Å². The van der Waals surface area contributed by atoms with Gasteiger partial charge >= 0.3 is 10.2 Å². The van der Waals surface area contributed by atoms with Gasteiger partial charge in [0.2, 0.25) is 0 Å². The van der Waals surface area contributed by atoms with Gasteiger partial charge in [0.1, 0.15) is 11.6 Å². The monoisotopic (exact) mass is 444 g/mol. The lowest BCUT2D eigenvalue weighted by Gasteiger charge is -2.38. The zero-order chi connectivity index (χ0) is 21.0. The lowest BCUT2D eigenvalue weighted by Crippen LogP contribution is -2.39. The fourth-order valence-corrected chi connectivity index (χ4v) is 6.48. The van der Waals surface area contributed by atoms with Gasteiger partial charge in [-0.1, -0.05) is 11.6 Å². The van der Waals surface area contributed by atoms with Crippen LogP contribution in [0.2, 0.25) is 5.02 Å². The van der Waals surface area contributed by atoms with Gasteiger partial charge in [-0.05, 0) is 67.8 Å². The minimum atomic E-state index is -4.03. The third-order valence-electron chi connectivity index (χ3n) is 6.91. The molecule has 0 saturated heterocycles. The smallest absolute Gasteiger partial charge is 0.303 e. The van der Waals surface area contributed by atoms with Crippen LogP contribution in [0.5, 0.6) is 5.75 Å². The molecule has 6 nitrogen and oxygen atoms in total. The number of hydrogen-bond acceptors (Lipinski definition) is 4. The highest BCUT2D eigenvalue weighted by Gasteiger charge is 2.55. The lowest BCUT2D eigenvalue weighted by molar-refractivity contribution is 0.0975. The molecule has 4 aliphatic carbocycles. The number of rotatable bonds is 7. The van der Waals surface area contributed by atoms with Gasteiger partial charge in [-0.2, -0.15) is 12.7 Å². The number of nitrogens with zero attached hydrogens (tertiary/aromatic N) is 1. The zero-order valence-corrected chi connectivity index (χ0v) is 18.2. The quantitative estimate of drug-likeness (QED) is 0.697. The number of hydrogen-bond donors (Lipinski definition) is 1. The molecule has 5 rings (SSSR count). The summed E-state index contributed by atoms with van der Waals surface area (Å²) in [5, 5.41) is 0.0760. The average molecular weight is 445 g/mol. The summed E-state index contributed by atoms with van der Waals surface area (Å²) in [6, 6.07) is 2.15. The second-order valence-corrected chi connectivity index (χ2v) is 11.3. The second-order valence-electron chi connectivity index (χ2n) is 9.05. The van der Waals surface area contributed by atoms with Crippen LogP contribution < -0.4 is 9.46 Å². The predicted octanol–water partition coefficient (Wildman–Crippen LogP) is 3.61. The first kappa shape index (κ1) is 20.9. The van der Waals surface area contributed by atoms with Gasteiger partial charge in [0.25, 0.3) is 5.91 Å². The van der Waals surface area contributed by atoms with Gasteiger partial charge in [0, 0.05) is 20.2 Å². The van der Waals surface area contributed by atoms with E-state index in [4.69, 9.17) is 16.3 Å². The van der Waals surface area contributed by atoms with E-state index in [-0.39, 0.29) is 10.8 Å². The zero-order valence-electron chi connectivity index (χ0n) is 16.6. The van der Waals surface area contributed by atoms with Crippen LogP contribution in [0.15, 0.2) is 12.1 Å². The highest BCUT2D eigenvalue weighted by Crippen LogP contribution is 2.65. The molecule has 0 spiro atoms. The summed E-state index contributed by atoms with van der Waals surface area (Å²) in [4.78, 5) is 12.1. The molecular weight excluding hydrogens is 419 g/mol. The molecule has 160 valence electrons. The maximum Gasteiger partial charge on any atom is 0.303 e. The van der Waals surface area contributed by atoms with Crippen molar-refractivity contribution in [2.45, 2.75) is 38.5 Å². The Morgan fingerprint density at radius 1 is 1.28 bits per heavy atom. The van der Waals surface area contributed by atoms with Crippen molar-refractivity contribution in [3.63, 3.8) is 0 Å². The molecule has 2 unspecified atom stereocenters. The molecule has 0 heterocycles. The SMILES string of the molecule is CN(C)S(=O)(=O)NC(=O)c1cc(Cl)c(OCCC23CC4CC(C2)C(C4)C3)cc1F. The topological polar surface area (TPSA) is 75.7 Å². The standard InChI is InChI=1S/C20H26ClFN2O4S/c1-24(2)29(26,27)23-19(25)15-7-16(21)18(8-17(15)22)28-4-3-20-9-12-5-13(10-20)14(6-12)11-20/h7-8,12-14H,3-6,9-11H2,1-2H3,(H,23,25). The molecule has 1 aromatic carbocycles. The Hall–Kier alpha value is -1.38. The fourth-order valence-electron chi connectivity index (χ4n) is 5.74. The van der Waals surface area contributed by atoms with E-state index in [9.17, 15) is 17.6 Å². The van der Waals surface area contributed by atoms with Crippen LogP contribution in [0.25, 0.3) is 0 Å². The maximum absolute atomic E-state index is 14.4. The van der Waals surface area contributed by atoms with Crippen molar-refractivity contribution in [2.24, 2.45) is 23.2 Å². The van der Waals surface area contributed by atoms with E-state index < -0.39 is 27.5 Å². The van der Waals surface area contributed by atoms with Crippen LogP contribution >= 0.6 is 11.6 Å². The van der Waals surface area contributed by atoms with Crippen LogP contribution in [-0.2, 0) is 10.2 Å². The van der Waals surface area contributed by atoms with Crippen molar-refractivity contribution in [2.75, 3.05) is 20.7 Å². The van der Waals surface area contributed by atoms with Gasteiger partial charge in [-0.25, -0.2) is 9.11 Å². The van der Waals surface area contributed by atoms with Gasteiger partial charge in [-0.15, -0.1) is 0 Å². The molecule has 4 saturated carbocycles. The molecule has 2 atom stereocenters. The van der Waals surface area contributed by atoms with Crippen molar-refractivity contribution < 1.29 is 22.3 Å². The molecule has 0 aromatic heterocycles. The first-order valence-corrected chi connectivity index (χ1v) is 11.8. The van der Waals surface area contributed by atoms with Crippen molar-refractivity contribution in [3.05, 3.63) is 28.5 Å². The minimum absolute atomic E-state index is 0.0760. The van der Waals surface area contributed by atoms with Crippen molar-refractivity contribution in [3.8, 4) is 5.75 Å². The molecule has 9 heteroatoms. The Morgan fingerprint density at radius 3 is 2.52 bits per heavy atom. The first-order valence-electron chi connectivity index (χ1n) is 9.95. The molecule has 4 fully saturated rings. The molecule has 29 heavy (non-hydrogen) atoms. The molecule has 4 bridgehead atoms. The summed E-state index contributed by atoms with van der Waals surface area (Å²) in [6.07, 6.45) is 7.52. The van der Waals surface area contributed by atoms with E-state index in [1.165, 1.54) is 46.2 Å². The predicted molar refractivity (Wildman–Crippen MR) is 108 cm³/mol. The highest BCUT2D eigenvalue weighted by atomic mass is 35.5. The lowest BCUT2D eigenvalue weighted by atomic mass is 9.68. The summed E-state index contributed by atoms with van der Waals surface area (Å²) < 4.78 is 46.4. The van der Waals surface area contributed by atoms with Crippen LogP contribution in [-0.4, -0.2) is 39.3 Å². The van der Waals surface area contributed by atoms with Crippen LogP contribution in [0.1, 0.15) is 48.9 Å². The third-order valence-corrected chi connectivity index (χ3v) is 8.61. The van der Waals surface area contributed by atoms with E-state index in [0.29, 0.717) is 12.0 Å². The maximum atomic E-state index is 14.4. The Morgan fingerprint density at radius 2 is 1.93 bits per heavy atom. The van der Waals surface area contributed by atoms with Crippen LogP contribution in [0.4, 0.5) is 4.39 Å². The fraction of sp³-hybridized carbons (Fsp3) is 0.650. The minimum Gasteiger partial charge on any atom is -0.492 e. The normalized spacial score (nSPS) is 30.2. The van der Waals surface area contributed by atoms with E-state index in [1.807, 2.05) is 0 Å². The highest BCUT2D eigenvalue weighted by molar-refractivity contribution is 7.87. The molecule has 0 radical (unpaired) electrons. The molecule has 1 aromatic rings. The Labute approximate surface area is 175 Å². The number of amides is 1. The van der Waals surface area contributed by atoms with E-state index in [0.717, 1.165) is 40.6 Å². The number of carbonyl (C=O) groups excluding carboxylic acids is 1. The van der Waals surface area contributed by atoms with Gasteiger partial charge < -0.3 is 4.74 Å². The Bertz CT molecular complexity index is 917. The molecule has 1 N–H and O–H groups in total. The summed E-state index contributed by atoms with van der Waals surface area (Å²) >= 11 is 6.18.